The average Bonchev–Trinajstić information content (AvgIpc) is 3.89. The van der Waals surface area contributed by atoms with Gasteiger partial charge < -0.3 is 45.9 Å². The van der Waals surface area contributed by atoms with E-state index in [0.717, 1.165) is 66.0 Å². The smallest absolute Gasteiger partial charge is 0.507 e. The molecule has 0 radical (unpaired) electrons. The van der Waals surface area contributed by atoms with E-state index < -0.39 is 0 Å². The fourth-order valence-electron chi connectivity index (χ4n) is 5.45. The van der Waals surface area contributed by atoms with Crippen molar-refractivity contribution in [2.75, 3.05) is 0 Å². The summed E-state index contributed by atoms with van der Waals surface area (Å²) in [5.74, 6) is 1.26. The van der Waals surface area contributed by atoms with E-state index >= 15 is 0 Å². The zero-order chi connectivity index (χ0) is 30.8. The fraction of sp³-hybridized carbons (Fsp3) is 0.0588. The molecule has 0 bridgehead atoms. The molecule has 0 fully saturated rings. The molecule has 14 heteroatoms. The van der Waals surface area contributed by atoms with Gasteiger partial charge in [-0.1, -0.05) is 58.5 Å². The van der Waals surface area contributed by atoms with Gasteiger partial charge in [-0.05, 0) is 21.9 Å². The normalized spacial score (nSPS) is 11.2. The average molecular weight is 995 g/mol. The summed E-state index contributed by atoms with van der Waals surface area (Å²) in [5, 5.41) is 5.28. The van der Waals surface area contributed by atoms with Gasteiger partial charge >= 0.3 is 42.1 Å². The van der Waals surface area contributed by atoms with Crippen LogP contribution in [0.3, 0.4) is 0 Å². The Morgan fingerprint density at radius 3 is 1.42 bits per heavy atom. The van der Waals surface area contributed by atoms with E-state index in [2.05, 4.69) is 44.7 Å². The molecule has 10 aromatic rings. The van der Waals surface area contributed by atoms with Crippen molar-refractivity contribution < 1.29 is 59.8 Å². The Balaban J connectivity index is 0.000000146. The van der Waals surface area contributed by atoms with Crippen LogP contribution < -0.4 is 0 Å². The third kappa shape index (κ3) is 5.27. The monoisotopic (exact) mass is 994 g/mol. The van der Waals surface area contributed by atoms with Gasteiger partial charge in [0.1, 0.15) is 11.8 Å². The molecule has 0 N–H and O–H groups in total. The van der Waals surface area contributed by atoms with Crippen molar-refractivity contribution in [1.29, 1.82) is 0 Å². The number of aromatic nitrogens is 8. The standard InChI is InChI=1S/2C17H10N4O2.2Pt/c2*1-20-6-15(19-10-20)14-8-22-16-4-11-7-23-17(12(11)5-13(14)16)21-3-2-18-9-21;;/h2*2-4,6-8,10H,1H3;;/q2*-2;2*+2. The first kappa shape index (κ1) is 31.4. The molecule has 0 aliphatic carbocycles. The summed E-state index contributed by atoms with van der Waals surface area (Å²) in [7, 11) is 3.87. The molecule has 0 spiro atoms. The van der Waals surface area contributed by atoms with Crippen LogP contribution in [0.15, 0.2) is 105 Å². The molecule has 0 aliphatic rings. The van der Waals surface area contributed by atoms with Gasteiger partial charge in [0.25, 0.3) is 0 Å². The van der Waals surface area contributed by atoms with Gasteiger partial charge in [-0.3, -0.25) is 0 Å². The molecule has 2 aromatic carbocycles. The zero-order valence-corrected chi connectivity index (χ0v) is 29.5. The van der Waals surface area contributed by atoms with Gasteiger partial charge in [-0.2, -0.15) is 0 Å². The molecule has 0 saturated heterocycles. The first-order chi connectivity index (χ1) is 22.6. The molecule has 8 heterocycles. The molecule has 10 rings (SSSR count). The van der Waals surface area contributed by atoms with Crippen LogP contribution in [0.2, 0.25) is 0 Å². The van der Waals surface area contributed by atoms with Gasteiger partial charge in [0, 0.05) is 39.1 Å². The van der Waals surface area contributed by atoms with Crippen LogP contribution >= 0.6 is 0 Å². The maximum Gasteiger partial charge on any atom is 2.00 e. The van der Waals surface area contributed by atoms with Crippen LogP contribution in [-0.4, -0.2) is 38.2 Å². The minimum Gasteiger partial charge on any atom is -0.507 e. The largest absolute Gasteiger partial charge is 2.00 e. The second-order valence-electron chi connectivity index (χ2n) is 10.7. The zero-order valence-electron chi connectivity index (χ0n) is 24.9. The van der Waals surface area contributed by atoms with Gasteiger partial charge in [0.05, 0.1) is 60.3 Å². The van der Waals surface area contributed by atoms with E-state index in [0.29, 0.717) is 11.8 Å². The van der Waals surface area contributed by atoms with E-state index in [1.807, 2.05) is 47.8 Å². The summed E-state index contributed by atoms with van der Waals surface area (Å²) < 4.78 is 29.8. The Morgan fingerprint density at radius 1 is 0.583 bits per heavy atom. The van der Waals surface area contributed by atoms with E-state index in [9.17, 15) is 0 Å². The van der Waals surface area contributed by atoms with Gasteiger partial charge in [0.15, 0.2) is 0 Å². The quantitative estimate of drug-likeness (QED) is 0.178. The Bertz CT molecular complexity index is 2450. The Morgan fingerprint density at radius 2 is 1.04 bits per heavy atom. The van der Waals surface area contributed by atoms with Crippen molar-refractivity contribution in [2.45, 2.75) is 0 Å². The van der Waals surface area contributed by atoms with Crippen LogP contribution in [0.4, 0.5) is 0 Å². The van der Waals surface area contributed by atoms with Crippen molar-refractivity contribution in [3.63, 3.8) is 0 Å². The summed E-state index contributed by atoms with van der Waals surface area (Å²) in [4.78, 5) is 16.6. The molecule has 12 nitrogen and oxygen atoms in total. The van der Waals surface area contributed by atoms with Crippen LogP contribution in [0.1, 0.15) is 0 Å². The maximum atomic E-state index is 5.67. The van der Waals surface area contributed by atoms with Crippen LogP contribution in [0.25, 0.3) is 77.8 Å². The van der Waals surface area contributed by atoms with Crippen molar-refractivity contribution in [3.05, 3.63) is 112 Å². The molecule has 8 aromatic heterocycles. The number of aryl methyl sites for hydroxylation is 2. The Kier molecular flexibility index (Phi) is 8.15. The van der Waals surface area contributed by atoms with E-state index in [1.54, 1.807) is 71.6 Å². The topological polar surface area (TPSA) is 124 Å². The van der Waals surface area contributed by atoms with Crippen molar-refractivity contribution in [1.82, 2.24) is 38.2 Å². The number of hydrogen-bond donors (Lipinski definition) is 0. The first-order valence-corrected chi connectivity index (χ1v) is 14.1. The summed E-state index contributed by atoms with van der Waals surface area (Å²) >= 11 is 0. The number of hydrogen-bond acceptors (Lipinski definition) is 8. The molecular weight excluding hydrogens is 975 g/mol. The van der Waals surface area contributed by atoms with E-state index in [4.69, 9.17) is 17.7 Å². The third-order valence-electron chi connectivity index (χ3n) is 7.62. The molecular formula is C34H20N8O4Pt2. The molecule has 240 valence electrons. The first-order valence-electron chi connectivity index (χ1n) is 14.1. The maximum absolute atomic E-state index is 5.67. The summed E-state index contributed by atoms with van der Waals surface area (Å²) in [6.07, 6.45) is 26.7. The van der Waals surface area contributed by atoms with Gasteiger partial charge in [-0.15, -0.1) is 12.1 Å². The number of benzene rings is 2. The van der Waals surface area contributed by atoms with Gasteiger partial charge in [-0.25, -0.2) is 9.97 Å². The van der Waals surface area contributed by atoms with E-state index in [1.165, 1.54) is 0 Å². The molecule has 0 saturated carbocycles. The second-order valence-corrected chi connectivity index (χ2v) is 10.7. The number of imidazole rings is 4. The van der Waals surface area contributed by atoms with Crippen LogP contribution in [0, 0.1) is 24.8 Å². The van der Waals surface area contributed by atoms with Crippen LogP contribution in [-0.2, 0) is 56.2 Å². The van der Waals surface area contributed by atoms with Crippen molar-refractivity contribution >= 4 is 43.5 Å². The van der Waals surface area contributed by atoms with E-state index in [-0.39, 0.29) is 42.1 Å². The predicted molar refractivity (Wildman–Crippen MR) is 166 cm³/mol. The SMILES string of the molecule is Cn1cnc(-c2coc3cc4coc(-n5[c-]ncc5)c4[c-]c23)c1.Cn1cnc(-c2coc3cc4coc(-n5[c-]ncc5)c4[c-]c23)c1.[Pt+2].[Pt+2]. The van der Waals surface area contributed by atoms with Crippen molar-refractivity contribution in [3.8, 4) is 34.3 Å². The molecule has 0 unspecified atom stereocenters. The second kappa shape index (κ2) is 12.4. The minimum atomic E-state index is 0. The van der Waals surface area contributed by atoms with Gasteiger partial charge in [0.2, 0.25) is 0 Å². The number of furan rings is 4. The fourth-order valence-corrected chi connectivity index (χ4v) is 5.45. The Hall–Kier alpha value is -5.18. The number of rotatable bonds is 4. The summed E-state index contributed by atoms with van der Waals surface area (Å²) in [5.41, 5.74) is 5.01. The third-order valence-corrected chi connectivity index (χ3v) is 7.62. The summed E-state index contributed by atoms with van der Waals surface area (Å²) in [6.45, 7) is 0. The predicted octanol–water partition coefficient (Wildman–Crippen LogP) is 6.73. The minimum absolute atomic E-state index is 0. The molecule has 0 atom stereocenters. The molecule has 0 aliphatic heterocycles. The number of fused-ring (bicyclic) bond motifs is 4. The van der Waals surface area contributed by atoms with Crippen LogP contribution in [0.5, 0.6) is 0 Å². The molecule has 0 amide bonds. The van der Waals surface area contributed by atoms with Crippen molar-refractivity contribution in [2.24, 2.45) is 14.1 Å². The Labute approximate surface area is 300 Å². The summed E-state index contributed by atoms with van der Waals surface area (Å²) in [6, 6.07) is 10.7. The number of nitrogens with zero attached hydrogens (tertiary/aromatic N) is 8. The molecule has 48 heavy (non-hydrogen) atoms.